The number of halogens is 1. The van der Waals surface area contributed by atoms with E-state index in [2.05, 4.69) is 40.6 Å². The summed E-state index contributed by atoms with van der Waals surface area (Å²) in [6.45, 7) is 2.40. The minimum Gasteiger partial charge on any atom is -0.315 e. The van der Waals surface area contributed by atoms with Crippen molar-refractivity contribution in [1.29, 1.82) is 0 Å². The van der Waals surface area contributed by atoms with Crippen LogP contribution < -0.4 is 5.32 Å². The molecule has 0 fully saturated rings. The summed E-state index contributed by atoms with van der Waals surface area (Å²) in [6.07, 6.45) is 2.01. The zero-order valence-electron chi connectivity index (χ0n) is 13.5. The number of fused-ring (bicyclic) bond motifs is 1. The van der Waals surface area contributed by atoms with Crippen molar-refractivity contribution < 1.29 is 8.42 Å². The lowest BCUT2D eigenvalue weighted by Gasteiger charge is -2.28. The molecule has 8 nitrogen and oxygen atoms in total. The highest BCUT2D eigenvalue weighted by Crippen LogP contribution is 2.34. The van der Waals surface area contributed by atoms with E-state index < -0.39 is 10.0 Å². The zero-order valence-corrected chi connectivity index (χ0v) is 17.5. The third kappa shape index (κ3) is 3.27. The summed E-state index contributed by atoms with van der Waals surface area (Å²) in [4.78, 5) is 12.9. The Balaban J connectivity index is 1.67. The van der Waals surface area contributed by atoms with Crippen molar-refractivity contribution in [2.24, 2.45) is 0 Å². The van der Waals surface area contributed by atoms with Crippen molar-refractivity contribution in [3.05, 3.63) is 39.3 Å². The van der Waals surface area contributed by atoms with Gasteiger partial charge in [-0.15, -0.1) is 11.3 Å². The fraction of sp³-hybridized carbons (Fsp3) is 0.286. The molecule has 4 heterocycles. The van der Waals surface area contributed by atoms with Crippen LogP contribution in [0.2, 0.25) is 0 Å². The molecule has 1 aliphatic heterocycles. The maximum absolute atomic E-state index is 13.0. The largest absolute Gasteiger partial charge is 0.315 e. The Morgan fingerprint density at radius 2 is 2.19 bits per heavy atom. The van der Waals surface area contributed by atoms with Crippen LogP contribution in [-0.4, -0.2) is 38.6 Å². The van der Waals surface area contributed by atoms with E-state index in [1.54, 1.807) is 11.4 Å². The molecule has 26 heavy (non-hydrogen) atoms. The maximum atomic E-state index is 13.0. The number of rotatable bonds is 4. The fourth-order valence-electron chi connectivity index (χ4n) is 2.66. The topological polar surface area (TPSA) is 101 Å². The van der Waals surface area contributed by atoms with E-state index in [9.17, 15) is 8.42 Å². The van der Waals surface area contributed by atoms with Gasteiger partial charge in [0.05, 0.1) is 5.69 Å². The molecule has 136 valence electrons. The molecular weight excluding hydrogens is 460 g/mol. The van der Waals surface area contributed by atoms with Crippen LogP contribution >= 0.6 is 38.8 Å². The Morgan fingerprint density at radius 1 is 1.35 bits per heavy atom. The summed E-state index contributed by atoms with van der Waals surface area (Å²) in [7, 11) is -3.58. The smallest absolute Gasteiger partial charge is 0.254 e. The van der Waals surface area contributed by atoms with Gasteiger partial charge in [-0.05, 0) is 34.3 Å². The third-order valence-corrected chi connectivity index (χ3v) is 9.09. The summed E-state index contributed by atoms with van der Waals surface area (Å²) < 4.78 is 32.5. The Morgan fingerprint density at radius 3 is 2.88 bits per heavy atom. The van der Waals surface area contributed by atoms with Crippen LogP contribution in [0.4, 0.5) is 10.9 Å². The van der Waals surface area contributed by atoms with E-state index in [1.807, 2.05) is 6.92 Å². The number of nitrogens with one attached hydrogen (secondary N) is 1. The maximum Gasteiger partial charge on any atom is 0.254 e. The van der Waals surface area contributed by atoms with Gasteiger partial charge in [0, 0.05) is 41.1 Å². The molecule has 4 rings (SSSR count). The molecule has 1 aliphatic rings. The number of aryl methyl sites for hydroxylation is 1. The third-order valence-electron chi connectivity index (χ3n) is 3.88. The average Bonchev–Trinajstić information content (AvgIpc) is 3.23. The molecule has 0 radical (unpaired) electrons. The molecule has 1 N–H and O–H groups in total. The highest BCUT2D eigenvalue weighted by atomic mass is 79.9. The number of aromatic nitrogens is 4. The van der Waals surface area contributed by atoms with E-state index in [0.29, 0.717) is 38.4 Å². The van der Waals surface area contributed by atoms with Gasteiger partial charge in [0.2, 0.25) is 5.13 Å². The summed E-state index contributed by atoms with van der Waals surface area (Å²) in [5.41, 5.74) is 1.61. The molecule has 3 aromatic rings. The van der Waals surface area contributed by atoms with Crippen LogP contribution in [0.5, 0.6) is 0 Å². The first-order valence-electron chi connectivity index (χ1n) is 7.58. The van der Waals surface area contributed by atoms with Crippen LogP contribution in [0.3, 0.4) is 0 Å². The molecular formula is C14H13BrN6O2S3. The summed E-state index contributed by atoms with van der Waals surface area (Å²) in [5.74, 6) is 1.24. The minimum absolute atomic E-state index is 0.211. The number of nitrogens with zero attached hydrogens (tertiary/aromatic N) is 5. The molecule has 0 amide bonds. The molecule has 0 spiro atoms. The molecule has 12 heteroatoms. The van der Waals surface area contributed by atoms with E-state index >= 15 is 0 Å². The van der Waals surface area contributed by atoms with Gasteiger partial charge in [0.15, 0.2) is 0 Å². The molecule has 0 atom stereocenters. The van der Waals surface area contributed by atoms with Gasteiger partial charge in [-0.2, -0.15) is 8.68 Å². The fourth-order valence-corrected chi connectivity index (χ4v) is 7.09. The van der Waals surface area contributed by atoms with Crippen LogP contribution in [0.1, 0.15) is 17.1 Å². The highest BCUT2D eigenvalue weighted by molar-refractivity contribution is 9.10. The van der Waals surface area contributed by atoms with Crippen molar-refractivity contribution in [2.45, 2.75) is 24.1 Å². The quantitative estimate of drug-likeness (QED) is 0.622. The van der Waals surface area contributed by atoms with Crippen LogP contribution in [0.15, 0.2) is 26.5 Å². The normalized spacial score (nSPS) is 15.0. The molecule has 0 aliphatic carbocycles. The second-order valence-corrected chi connectivity index (χ2v) is 10.2. The SMILES string of the molecule is Cc1nsc(Nc2ncnc3c2CN(S(=O)(=O)c2sccc2Br)CC3)n1. The predicted molar refractivity (Wildman–Crippen MR) is 103 cm³/mol. The lowest BCUT2D eigenvalue weighted by molar-refractivity contribution is 0.388. The standard InChI is InChI=1S/C14H13BrN6O2S3/c1-8-18-14(25-20-8)19-12-9-6-21(4-2-11(9)16-7-17-12)26(22,23)13-10(15)3-5-24-13/h3,5,7H,2,4,6H2,1H3,(H,16,17,18,19,20). The highest BCUT2D eigenvalue weighted by Gasteiger charge is 2.32. The number of sulfonamides is 1. The van der Waals surface area contributed by atoms with Gasteiger partial charge in [-0.3, -0.25) is 0 Å². The molecule has 0 saturated carbocycles. The van der Waals surface area contributed by atoms with Gasteiger partial charge in [-0.1, -0.05) is 0 Å². The Bertz CT molecular complexity index is 1060. The minimum atomic E-state index is -3.58. The van der Waals surface area contributed by atoms with Crippen LogP contribution in [-0.2, 0) is 23.0 Å². The van der Waals surface area contributed by atoms with Crippen molar-refractivity contribution >= 4 is 59.8 Å². The average molecular weight is 473 g/mol. The predicted octanol–water partition coefficient (Wildman–Crippen LogP) is 2.95. The number of hydrogen-bond donors (Lipinski definition) is 1. The Hall–Kier alpha value is -1.47. The summed E-state index contributed by atoms with van der Waals surface area (Å²) in [6, 6.07) is 1.74. The Kier molecular flexibility index (Phi) is 4.77. The van der Waals surface area contributed by atoms with Crippen LogP contribution in [0, 0.1) is 6.92 Å². The van der Waals surface area contributed by atoms with Crippen molar-refractivity contribution in [3.63, 3.8) is 0 Å². The first kappa shape index (κ1) is 17.9. The van der Waals surface area contributed by atoms with Crippen molar-refractivity contribution in [2.75, 3.05) is 11.9 Å². The van der Waals surface area contributed by atoms with Crippen molar-refractivity contribution in [1.82, 2.24) is 23.6 Å². The molecule has 0 saturated heterocycles. The number of hydrogen-bond acceptors (Lipinski definition) is 9. The van der Waals surface area contributed by atoms with E-state index in [0.717, 1.165) is 11.3 Å². The first-order valence-corrected chi connectivity index (χ1v) is 11.5. The molecule has 0 bridgehead atoms. The summed E-state index contributed by atoms with van der Waals surface area (Å²) >= 11 is 5.75. The molecule has 0 aromatic carbocycles. The van der Waals surface area contributed by atoms with E-state index in [4.69, 9.17) is 0 Å². The van der Waals surface area contributed by atoms with Crippen molar-refractivity contribution in [3.8, 4) is 0 Å². The van der Waals surface area contributed by atoms with Gasteiger partial charge < -0.3 is 5.32 Å². The van der Waals surface area contributed by atoms with E-state index in [1.165, 1.54) is 33.5 Å². The number of anilines is 2. The molecule has 0 unspecified atom stereocenters. The second-order valence-electron chi connectivity index (χ2n) is 5.56. The van der Waals surface area contributed by atoms with Gasteiger partial charge in [-0.25, -0.2) is 23.4 Å². The van der Waals surface area contributed by atoms with Gasteiger partial charge >= 0.3 is 0 Å². The lowest BCUT2D eigenvalue weighted by Crippen LogP contribution is -2.36. The first-order chi connectivity index (χ1) is 12.4. The Labute approximate surface area is 166 Å². The van der Waals surface area contributed by atoms with Gasteiger partial charge in [0.1, 0.15) is 22.2 Å². The second kappa shape index (κ2) is 6.93. The van der Waals surface area contributed by atoms with Gasteiger partial charge in [0.25, 0.3) is 10.0 Å². The molecule has 3 aromatic heterocycles. The zero-order chi connectivity index (χ0) is 18.3. The number of thiophene rings is 1. The summed E-state index contributed by atoms with van der Waals surface area (Å²) in [5, 5.41) is 5.50. The monoisotopic (exact) mass is 472 g/mol. The lowest BCUT2D eigenvalue weighted by atomic mass is 10.1. The van der Waals surface area contributed by atoms with Crippen LogP contribution in [0.25, 0.3) is 0 Å². The van der Waals surface area contributed by atoms with E-state index in [-0.39, 0.29) is 6.54 Å².